The average molecular weight is 367 g/mol. The Bertz CT molecular complexity index is 887. The summed E-state index contributed by atoms with van der Waals surface area (Å²) in [5.41, 5.74) is 1.65. The van der Waals surface area contributed by atoms with Gasteiger partial charge in [0.2, 0.25) is 5.95 Å². The van der Waals surface area contributed by atoms with Gasteiger partial charge in [0, 0.05) is 17.8 Å². The van der Waals surface area contributed by atoms with E-state index in [1.165, 1.54) is 13.3 Å². The summed E-state index contributed by atoms with van der Waals surface area (Å²) in [4.78, 5) is 19.5. The van der Waals surface area contributed by atoms with Crippen LogP contribution in [0.2, 0.25) is 0 Å². The summed E-state index contributed by atoms with van der Waals surface area (Å²) in [5.74, 6) is 0.655. The SMILES string of the molecule is COC(=O)Nc1nccc(-c2ccc(OC[C@]3(C)CC(C)N3)c(C#N)c2)n1. The van der Waals surface area contributed by atoms with Crippen molar-refractivity contribution >= 4 is 12.0 Å². The van der Waals surface area contributed by atoms with Gasteiger partial charge in [-0.15, -0.1) is 0 Å². The Morgan fingerprint density at radius 3 is 2.93 bits per heavy atom. The number of carbonyl (C=O) groups excluding carboxylic acids is 1. The highest BCUT2D eigenvalue weighted by Gasteiger charge is 2.37. The maximum absolute atomic E-state index is 11.3. The van der Waals surface area contributed by atoms with Gasteiger partial charge in [0.15, 0.2) is 0 Å². The van der Waals surface area contributed by atoms with Crippen LogP contribution in [-0.2, 0) is 4.74 Å². The van der Waals surface area contributed by atoms with Crippen molar-refractivity contribution in [1.82, 2.24) is 15.3 Å². The molecule has 1 aliphatic rings. The second-order valence-corrected chi connectivity index (χ2v) is 6.80. The van der Waals surface area contributed by atoms with Gasteiger partial charge >= 0.3 is 6.09 Å². The smallest absolute Gasteiger partial charge is 0.413 e. The maximum atomic E-state index is 11.3. The average Bonchev–Trinajstić information content (AvgIpc) is 2.65. The van der Waals surface area contributed by atoms with Crippen molar-refractivity contribution in [3.63, 3.8) is 0 Å². The topological polar surface area (TPSA) is 109 Å². The number of anilines is 1. The molecule has 1 aromatic heterocycles. The van der Waals surface area contributed by atoms with Crippen molar-refractivity contribution in [3.8, 4) is 23.1 Å². The minimum atomic E-state index is -0.652. The number of hydrogen-bond donors (Lipinski definition) is 2. The van der Waals surface area contributed by atoms with Crippen LogP contribution in [0.1, 0.15) is 25.8 Å². The third-order valence-corrected chi connectivity index (χ3v) is 4.35. The number of nitrogens with one attached hydrogen (secondary N) is 2. The molecule has 0 bridgehead atoms. The molecule has 2 aromatic rings. The standard InChI is InChI=1S/C19H21N5O3/c1-12-9-19(2,24-12)11-27-16-5-4-13(8-14(16)10-20)15-6-7-21-17(22-15)23-18(25)26-3/h4-8,12,24H,9,11H2,1-3H3,(H,21,22,23,25)/t12?,19-/m0/s1. The first-order valence-corrected chi connectivity index (χ1v) is 8.55. The van der Waals surface area contributed by atoms with E-state index in [0.29, 0.717) is 29.7 Å². The molecule has 2 heterocycles. The van der Waals surface area contributed by atoms with Crippen LogP contribution in [0.25, 0.3) is 11.3 Å². The minimum Gasteiger partial charge on any atom is -0.490 e. The zero-order chi connectivity index (χ0) is 19.4. The van der Waals surface area contributed by atoms with E-state index < -0.39 is 6.09 Å². The fourth-order valence-corrected chi connectivity index (χ4v) is 3.21. The zero-order valence-corrected chi connectivity index (χ0v) is 15.4. The Kier molecular flexibility index (Phi) is 5.23. The largest absolute Gasteiger partial charge is 0.490 e. The predicted molar refractivity (Wildman–Crippen MR) is 99.3 cm³/mol. The third-order valence-electron chi connectivity index (χ3n) is 4.35. The fraction of sp³-hybridized carbons (Fsp3) is 0.368. The molecule has 1 aliphatic heterocycles. The number of rotatable bonds is 5. The van der Waals surface area contributed by atoms with Gasteiger partial charge in [-0.3, -0.25) is 5.32 Å². The van der Waals surface area contributed by atoms with E-state index in [4.69, 9.17) is 4.74 Å². The summed E-state index contributed by atoms with van der Waals surface area (Å²) in [6.45, 7) is 4.72. The van der Waals surface area contributed by atoms with E-state index in [0.717, 1.165) is 12.0 Å². The molecule has 2 atom stereocenters. The number of benzene rings is 1. The van der Waals surface area contributed by atoms with Crippen LogP contribution in [-0.4, -0.2) is 41.4 Å². The molecular formula is C19H21N5O3. The first-order chi connectivity index (χ1) is 12.9. The first-order valence-electron chi connectivity index (χ1n) is 8.55. The molecule has 0 saturated carbocycles. The van der Waals surface area contributed by atoms with Crippen molar-refractivity contribution in [3.05, 3.63) is 36.0 Å². The summed E-state index contributed by atoms with van der Waals surface area (Å²) in [6, 6.07) is 9.63. The van der Waals surface area contributed by atoms with Crippen LogP contribution >= 0.6 is 0 Å². The van der Waals surface area contributed by atoms with Gasteiger partial charge in [0.05, 0.1) is 23.9 Å². The van der Waals surface area contributed by atoms with Gasteiger partial charge in [-0.2, -0.15) is 5.26 Å². The highest BCUT2D eigenvalue weighted by molar-refractivity contribution is 5.82. The second kappa shape index (κ2) is 7.60. The number of aromatic nitrogens is 2. The number of amides is 1. The van der Waals surface area contributed by atoms with Crippen molar-refractivity contribution in [2.24, 2.45) is 0 Å². The highest BCUT2D eigenvalue weighted by Crippen LogP contribution is 2.29. The van der Waals surface area contributed by atoms with Gasteiger partial charge in [-0.1, -0.05) is 0 Å². The molecule has 1 fully saturated rings. The van der Waals surface area contributed by atoms with Crippen LogP contribution in [0.4, 0.5) is 10.7 Å². The molecule has 0 radical (unpaired) electrons. The normalized spacial score (nSPS) is 20.9. The second-order valence-electron chi connectivity index (χ2n) is 6.80. The van der Waals surface area contributed by atoms with Gasteiger partial charge < -0.3 is 14.8 Å². The lowest BCUT2D eigenvalue weighted by Gasteiger charge is -2.45. The van der Waals surface area contributed by atoms with E-state index in [1.807, 2.05) is 6.07 Å². The molecule has 2 N–H and O–H groups in total. The Morgan fingerprint density at radius 2 is 2.26 bits per heavy atom. The number of methoxy groups -OCH3 is 1. The monoisotopic (exact) mass is 367 g/mol. The minimum absolute atomic E-state index is 0.0636. The summed E-state index contributed by atoms with van der Waals surface area (Å²) in [7, 11) is 1.26. The maximum Gasteiger partial charge on any atom is 0.413 e. The molecule has 1 aromatic carbocycles. The molecule has 1 saturated heterocycles. The van der Waals surface area contributed by atoms with E-state index in [2.05, 4.69) is 45.3 Å². The summed E-state index contributed by atoms with van der Waals surface area (Å²) in [5, 5.41) is 15.3. The molecule has 8 nitrogen and oxygen atoms in total. The lowest BCUT2D eigenvalue weighted by atomic mass is 9.85. The summed E-state index contributed by atoms with van der Waals surface area (Å²) >= 11 is 0. The Morgan fingerprint density at radius 1 is 1.48 bits per heavy atom. The molecule has 27 heavy (non-hydrogen) atoms. The first kappa shape index (κ1) is 18.6. The van der Waals surface area contributed by atoms with Crippen LogP contribution in [0.3, 0.4) is 0 Å². The number of nitrogens with zero attached hydrogens (tertiary/aromatic N) is 3. The summed E-state index contributed by atoms with van der Waals surface area (Å²) in [6.07, 6.45) is 1.90. The molecule has 140 valence electrons. The Hall–Kier alpha value is -3.18. The van der Waals surface area contributed by atoms with Crippen LogP contribution in [0.5, 0.6) is 5.75 Å². The molecular weight excluding hydrogens is 346 g/mol. The number of nitriles is 1. The highest BCUT2D eigenvalue weighted by atomic mass is 16.5. The van der Waals surface area contributed by atoms with E-state index in [1.54, 1.807) is 18.2 Å². The number of ether oxygens (including phenoxy) is 2. The zero-order valence-electron chi connectivity index (χ0n) is 15.4. The third kappa shape index (κ3) is 4.33. The van der Waals surface area contributed by atoms with Crippen molar-refractivity contribution in [2.45, 2.75) is 31.8 Å². The van der Waals surface area contributed by atoms with Crippen LogP contribution in [0, 0.1) is 11.3 Å². The molecule has 0 spiro atoms. The van der Waals surface area contributed by atoms with Crippen LogP contribution in [0.15, 0.2) is 30.5 Å². The van der Waals surface area contributed by atoms with E-state index >= 15 is 0 Å². The van der Waals surface area contributed by atoms with Gasteiger partial charge in [-0.25, -0.2) is 14.8 Å². The molecule has 1 unspecified atom stereocenters. The lowest BCUT2D eigenvalue weighted by molar-refractivity contribution is 0.0950. The number of carbonyl (C=O) groups is 1. The Balaban J connectivity index is 1.77. The van der Waals surface area contributed by atoms with E-state index in [9.17, 15) is 10.1 Å². The van der Waals surface area contributed by atoms with Crippen molar-refractivity contribution in [1.29, 1.82) is 5.26 Å². The molecule has 8 heteroatoms. The van der Waals surface area contributed by atoms with Crippen LogP contribution < -0.4 is 15.4 Å². The van der Waals surface area contributed by atoms with Crippen molar-refractivity contribution in [2.75, 3.05) is 19.0 Å². The predicted octanol–water partition coefficient (Wildman–Crippen LogP) is 2.71. The van der Waals surface area contributed by atoms with Gasteiger partial charge in [-0.05, 0) is 44.5 Å². The number of hydrogen-bond acceptors (Lipinski definition) is 7. The quantitative estimate of drug-likeness (QED) is 0.836. The fourth-order valence-electron chi connectivity index (χ4n) is 3.21. The van der Waals surface area contributed by atoms with Crippen molar-refractivity contribution < 1.29 is 14.3 Å². The van der Waals surface area contributed by atoms with Gasteiger partial charge in [0.25, 0.3) is 0 Å². The van der Waals surface area contributed by atoms with E-state index in [-0.39, 0.29) is 11.5 Å². The Labute approximate surface area is 157 Å². The molecule has 1 amide bonds. The molecule has 3 rings (SSSR count). The van der Waals surface area contributed by atoms with Gasteiger partial charge in [0.1, 0.15) is 18.4 Å². The lowest BCUT2D eigenvalue weighted by Crippen LogP contribution is -2.63. The molecule has 0 aliphatic carbocycles. The summed E-state index contributed by atoms with van der Waals surface area (Å²) < 4.78 is 10.4.